The fourth-order valence-electron chi connectivity index (χ4n) is 2.06. The van der Waals surface area contributed by atoms with E-state index in [1.54, 1.807) is 4.68 Å². The van der Waals surface area contributed by atoms with E-state index in [2.05, 4.69) is 24.3 Å². The Balaban J connectivity index is 3.02. The van der Waals surface area contributed by atoms with Gasteiger partial charge in [-0.3, -0.25) is 9.48 Å². The maximum atomic E-state index is 11.4. The molecule has 0 aliphatic heterocycles. The van der Waals surface area contributed by atoms with Crippen LogP contribution in [0, 0.1) is 13.8 Å². The van der Waals surface area contributed by atoms with Crippen molar-refractivity contribution in [2.45, 2.75) is 59.7 Å². The predicted octanol–water partition coefficient (Wildman–Crippen LogP) is 1.43. The Morgan fingerprint density at radius 1 is 1.44 bits per heavy atom. The van der Waals surface area contributed by atoms with Crippen LogP contribution in [0.25, 0.3) is 0 Å². The second-order valence-corrected chi connectivity index (χ2v) is 4.96. The van der Waals surface area contributed by atoms with Crippen molar-refractivity contribution in [1.29, 1.82) is 0 Å². The van der Waals surface area contributed by atoms with Crippen molar-refractivity contribution in [2.75, 3.05) is 0 Å². The minimum absolute atomic E-state index is 0.327. The number of hydrogen-bond acceptors (Lipinski definition) is 3. The summed E-state index contributed by atoms with van der Waals surface area (Å²) in [6, 6.07) is 0.0711. The Bertz CT molecular complexity index is 423. The molecule has 0 saturated carbocycles. The first-order valence-corrected chi connectivity index (χ1v) is 6.45. The van der Waals surface area contributed by atoms with Crippen LogP contribution in [-0.2, 0) is 11.3 Å². The zero-order chi connectivity index (χ0) is 13.9. The average molecular weight is 252 g/mol. The molecule has 0 aliphatic rings. The van der Waals surface area contributed by atoms with Gasteiger partial charge in [0, 0.05) is 23.8 Å². The molecule has 0 aliphatic carbocycles. The van der Waals surface area contributed by atoms with Crippen molar-refractivity contribution in [3.05, 3.63) is 17.0 Å². The Kier molecular flexibility index (Phi) is 4.90. The molecule has 3 N–H and O–H groups in total. The smallest absolute Gasteiger partial charge is 0.242 e. The van der Waals surface area contributed by atoms with Crippen LogP contribution in [-0.4, -0.2) is 21.7 Å². The van der Waals surface area contributed by atoms with Crippen molar-refractivity contribution in [1.82, 2.24) is 15.1 Å². The number of carbonyl (C=O) groups excluding carboxylic acids is 1. The highest BCUT2D eigenvalue weighted by atomic mass is 16.1. The van der Waals surface area contributed by atoms with Crippen molar-refractivity contribution in [3.8, 4) is 0 Å². The van der Waals surface area contributed by atoms with Gasteiger partial charge in [0.05, 0.1) is 5.69 Å². The Morgan fingerprint density at radius 3 is 2.50 bits per heavy atom. The summed E-state index contributed by atoms with van der Waals surface area (Å²) in [4.78, 5) is 11.4. The van der Waals surface area contributed by atoms with E-state index >= 15 is 0 Å². The highest BCUT2D eigenvalue weighted by Crippen LogP contribution is 2.19. The maximum absolute atomic E-state index is 11.4. The van der Waals surface area contributed by atoms with Crippen LogP contribution in [0.2, 0.25) is 0 Å². The van der Waals surface area contributed by atoms with E-state index in [1.165, 1.54) is 0 Å². The monoisotopic (exact) mass is 252 g/mol. The van der Waals surface area contributed by atoms with Gasteiger partial charge in [0.2, 0.25) is 5.91 Å². The van der Waals surface area contributed by atoms with Gasteiger partial charge in [0.15, 0.2) is 0 Å². The zero-order valence-corrected chi connectivity index (χ0v) is 11.9. The number of nitrogens with two attached hydrogens (primary N) is 1. The second-order valence-electron chi connectivity index (χ2n) is 4.96. The normalized spacial score (nSPS) is 13.0. The largest absolute Gasteiger partial charge is 0.368 e. The highest BCUT2D eigenvalue weighted by molar-refractivity contribution is 5.78. The Morgan fingerprint density at radius 2 is 2.06 bits per heavy atom. The lowest BCUT2D eigenvalue weighted by atomic mass is 10.1. The summed E-state index contributed by atoms with van der Waals surface area (Å²) < 4.78 is 1.76. The van der Waals surface area contributed by atoms with Gasteiger partial charge in [0.1, 0.15) is 6.04 Å². The van der Waals surface area contributed by atoms with Crippen LogP contribution in [0.5, 0.6) is 0 Å². The lowest BCUT2D eigenvalue weighted by Gasteiger charge is -2.14. The predicted molar refractivity (Wildman–Crippen MR) is 72.2 cm³/mol. The summed E-state index contributed by atoms with van der Waals surface area (Å²) in [6.07, 6.45) is 0.661. The minimum Gasteiger partial charge on any atom is -0.368 e. The third-order valence-corrected chi connectivity index (χ3v) is 3.17. The van der Waals surface area contributed by atoms with Crippen LogP contribution in [0.3, 0.4) is 0 Å². The lowest BCUT2D eigenvalue weighted by Crippen LogP contribution is -2.28. The molecular formula is C13H24N4O. The van der Waals surface area contributed by atoms with Gasteiger partial charge in [-0.1, -0.05) is 20.8 Å². The van der Waals surface area contributed by atoms with Crippen molar-refractivity contribution < 1.29 is 4.79 Å². The van der Waals surface area contributed by atoms with Crippen LogP contribution in [0.15, 0.2) is 0 Å². The van der Waals surface area contributed by atoms with E-state index in [0.29, 0.717) is 12.5 Å². The molecule has 1 aromatic rings. The van der Waals surface area contributed by atoms with E-state index in [4.69, 9.17) is 5.73 Å². The van der Waals surface area contributed by atoms with Gasteiger partial charge in [-0.05, 0) is 20.3 Å². The summed E-state index contributed by atoms with van der Waals surface area (Å²) in [5.41, 5.74) is 8.55. The lowest BCUT2D eigenvalue weighted by molar-refractivity contribution is -0.121. The average Bonchev–Trinajstić information content (AvgIpc) is 2.53. The molecule has 0 spiro atoms. The quantitative estimate of drug-likeness (QED) is 0.804. The van der Waals surface area contributed by atoms with Crippen LogP contribution in [0.1, 0.15) is 50.2 Å². The summed E-state index contributed by atoms with van der Waals surface area (Å²) in [6.45, 7) is 10.9. The van der Waals surface area contributed by atoms with Crippen molar-refractivity contribution >= 4 is 5.91 Å². The van der Waals surface area contributed by atoms with Crippen LogP contribution >= 0.6 is 0 Å². The maximum Gasteiger partial charge on any atom is 0.242 e. The van der Waals surface area contributed by atoms with Gasteiger partial charge in [0.25, 0.3) is 0 Å². The van der Waals surface area contributed by atoms with Crippen molar-refractivity contribution in [2.24, 2.45) is 5.73 Å². The second kappa shape index (κ2) is 6.00. The number of primary amides is 1. The summed E-state index contributed by atoms with van der Waals surface area (Å²) in [5.74, 6) is -0.327. The van der Waals surface area contributed by atoms with Gasteiger partial charge in [-0.15, -0.1) is 0 Å². The molecule has 18 heavy (non-hydrogen) atoms. The number of nitrogens with one attached hydrogen (secondary N) is 1. The molecule has 0 bridgehead atoms. The fraction of sp³-hybridized carbons (Fsp3) is 0.692. The first-order chi connectivity index (χ1) is 8.38. The molecule has 5 heteroatoms. The third kappa shape index (κ3) is 3.10. The molecule has 1 atom stereocenters. The zero-order valence-electron chi connectivity index (χ0n) is 11.9. The van der Waals surface area contributed by atoms with E-state index in [1.807, 2.05) is 20.8 Å². The molecule has 1 aromatic heterocycles. The fourth-order valence-corrected chi connectivity index (χ4v) is 2.06. The number of hydrogen-bond donors (Lipinski definition) is 2. The Hall–Kier alpha value is -1.36. The molecule has 0 radical (unpaired) electrons. The third-order valence-electron chi connectivity index (χ3n) is 3.17. The first-order valence-electron chi connectivity index (χ1n) is 6.45. The molecule has 1 heterocycles. The van der Waals surface area contributed by atoms with Crippen LogP contribution < -0.4 is 11.1 Å². The van der Waals surface area contributed by atoms with Gasteiger partial charge in [-0.2, -0.15) is 5.10 Å². The summed E-state index contributed by atoms with van der Waals surface area (Å²) in [5, 5.41) is 7.83. The number of aromatic nitrogens is 2. The molecule has 1 amide bonds. The molecule has 0 aromatic carbocycles. The molecule has 1 rings (SSSR count). The van der Waals surface area contributed by atoms with Gasteiger partial charge >= 0.3 is 0 Å². The van der Waals surface area contributed by atoms with Gasteiger partial charge < -0.3 is 11.1 Å². The van der Waals surface area contributed by atoms with E-state index < -0.39 is 0 Å². The number of amides is 1. The molecular weight excluding hydrogens is 228 g/mol. The van der Waals surface area contributed by atoms with E-state index in [9.17, 15) is 4.79 Å². The molecule has 102 valence electrons. The molecule has 5 nitrogen and oxygen atoms in total. The topological polar surface area (TPSA) is 72.9 Å². The molecule has 0 fully saturated rings. The molecule has 1 unspecified atom stereocenters. The Labute approximate surface area is 109 Å². The summed E-state index contributed by atoms with van der Waals surface area (Å²) >= 11 is 0. The van der Waals surface area contributed by atoms with E-state index in [-0.39, 0.29) is 11.9 Å². The highest BCUT2D eigenvalue weighted by Gasteiger charge is 2.21. The number of carbonyl (C=O) groups is 1. The SMILES string of the molecule is CCC(C(N)=O)n1nc(C)c(CNC(C)C)c1C. The first kappa shape index (κ1) is 14.7. The van der Waals surface area contributed by atoms with E-state index in [0.717, 1.165) is 23.5 Å². The molecule has 0 saturated heterocycles. The van der Waals surface area contributed by atoms with Crippen LogP contribution in [0.4, 0.5) is 0 Å². The van der Waals surface area contributed by atoms with Gasteiger partial charge in [-0.25, -0.2) is 0 Å². The summed E-state index contributed by atoms with van der Waals surface area (Å²) in [7, 11) is 0. The number of rotatable bonds is 6. The standard InChI is InChI=1S/C13H24N4O/c1-6-12(13(14)18)17-10(5)11(9(4)16-17)7-15-8(2)3/h8,12,15H,6-7H2,1-5H3,(H2,14,18). The van der Waals surface area contributed by atoms with Crippen molar-refractivity contribution in [3.63, 3.8) is 0 Å². The number of aryl methyl sites for hydroxylation is 1. The number of nitrogens with zero attached hydrogens (tertiary/aromatic N) is 2. The minimum atomic E-state index is -0.350.